The third kappa shape index (κ3) is 4.56. The molecule has 2 rings (SSSR count). The molecule has 1 aliphatic rings. The molecule has 0 saturated heterocycles. The number of hydrogen-bond acceptors (Lipinski definition) is 2. The first kappa shape index (κ1) is 13.8. The van der Waals surface area contributed by atoms with Gasteiger partial charge in [0, 0.05) is 19.1 Å². The van der Waals surface area contributed by atoms with Crippen molar-refractivity contribution in [3.05, 3.63) is 34.6 Å². The van der Waals surface area contributed by atoms with Crippen molar-refractivity contribution in [1.82, 2.24) is 10.6 Å². The topological polar surface area (TPSA) is 24.1 Å². The van der Waals surface area contributed by atoms with E-state index in [9.17, 15) is 4.39 Å². The van der Waals surface area contributed by atoms with Crippen LogP contribution in [0.25, 0.3) is 0 Å². The van der Waals surface area contributed by atoms with Crippen LogP contribution in [0.3, 0.4) is 0 Å². The minimum atomic E-state index is -0.269. The molecule has 1 aliphatic carbocycles. The third-order valence-electron chi connectivity index (χ3n) is 3.14. The average Bonchev–Trinajstić information content (AvgIpc) is 3.17. The lowest BCUT2D eigenvalue weighted by Crippen LogP contribution is -2.29. The Hall–Kier alpha value is -0.640. The van der Waals surface area contributed by atoms with Crippen LogP contribution in [0.5, 0.6) is 0 Å². The minimum absolute atomic E-state index is 0.217. The van der Waals surface area contributed by atoms with E-state index in [1.807, 2.05) is 0 Å². The summed E-state index contributed by atoms with van der Waals surface area (Å²) in [5.74, 6) is -0.269. The maximum absolute atomic E-state index is 13.6. The number of benzene rings is 1. The van der Waals surface area contributed by atoms with E-state index >= 15 is 0 Å². The second-order valence-electron chi connectivity index (χ2n) is 4.79. The lowest BCUT2D eigenvalue weighted by Gasteiger charge is -2.07. The Kier molecular flexibility index (Phi) is 5.42. The molecule has 0 spiro atoms. The minimum Gasteiger partial charge on any atom is -0.315 e. The van der Waals surface area contributed by atoms with E-state index in [4.69, 9.17) is 11.6 Å². The van der Waals surface area contributed by atoms with Crippen LogP contribution >= 0.6 is 11.6 Å². The number of nitrogens with one attached hydrogen (secondary N) is 2. The van der Waals surface area contributed by atoms with Gasteiger partial charge in [0.2, 0.25) is 0 Å². The van der Waals surface area contributed by atoms with Gasteiger partial charge >= 0.3 is 0 Å². The monoisotopic (exact) mass is 270 g/mol. The fraction of sp³-hybridized carbons (Fsp3) is 0.571. The van der Waals surface area contributed by atoms with Gasteiger partial charge in [-0.05, 0) is 43.9 Å². The summed E-state index contributed by atoms with van der Waals surface area (Å²) in [6.07, 6.45) is 4.32. The lowest BCUT2D eigenvalue weighted by molar-refractivity contribution is 0.578. The van der Waals surface area contributed by atoms with Crippen molar-refractivity contribution in [3.8, 4) is 0 Å². The molecule has 1 fully saturated rings. The van der Waals surface area contributed by atoms with Crippen LogP contribution in [0.2, 0.25) is 5.02 Å². The molecule has 0 radical (unpaired) electrons. The van der Waals surface area contributed by atoms with Gasteiger partial charge in [-0.15, -0.1) is 0 Å². The molecule has 1 aromatic rings. The van der Waals surface area contributed by atoms with E-state index in [0.29, 0.717) is 5.56 Å². The number of hydrogen-bond donors (Lipinski definition) is 2. The van der Waals surface area contributed by atoms with Crippen LogP contribution in [0.4, 0.5) is 4.39 Å². The zero-order valence-corrected chi connectivity index (χ0v) is 11.3. The number of rotatable bonds is 8. The Labute approximate surface area is 113 Å². The zero-order chi connectivity index (χ0) is 12.8. The molecule has 2 nitrogen and oxygen atoms in total. The Balaban J connectivity index is 1.55. The first-order valence-corrected chi connectivity index (χ1v) is 7.02. The van der Waals surface area contributed by atoms with Crippen molar-refractivity contribution in [2.45, 2.75) is 31.7 Å². The lowest BCUT2D eigenvalue weighted by atomic mass is 10.1. The number of aryl methyl sites for hydroxylation is 1. The van der Waals surface area contributed by atoms with Crippen LogP contribution in [-0.2, 0) is 6.42 Å². The van der Waals surface area contributed by atoms with Crippen LogP contribution < -0.4 is 10.6 Å². The van der Waals surface area contributed by atoms with E-state index in [-0.39, 0.29) is 10.8 Å². The SMILES string of the molecule is Fc1c(Cl)cccc1CCCNCCNC1CC1. The first-order valence-electron chi connectivity index (χ1n) is 6.64. The Morgan fingerprint density at radius 1 is 1.22 bits per heavy atom. The normalized spacial score (nSPS) is 15.0. The van der Waals surface area contributed by atoms with E-state index in [0.717, 1.165) is 38.5 Å². The summed E-state index contributed by atoms with van der Waals surface area (Å²) in [7, 11) is 0. The van der Waals surface area contributed by atoms with Gasteiger partial charge in [-0.2, -0.15) is 0 Å². The number of halogens is 2. The van der Waals surface area contributed by atoms with Crippen LogP contribution in [0.1, 0.15) is 24.8 Å². The molecule has 100 valence electrons. The maximum atomic E-state index is 13.6. The highest BCUT2D eigenvalue weighted by molar-refractivity contribution is 6.30. The van der Waals surface area contributed by atoms with Gasteiger partial charge < -0.3 is 10.6 Å². The molecule has 1 saturated carbocycles. The van der Waals surface area contributed by atoms with Crippen molar-refractivity contribution in [3.63, 3.8) is 0 Å². The predicted molar refractivity (Wildman–Crippen MR) is 73.6 cm³/mol. The van der Waals surface area contributed by atoms with Crippen molar-refractivity contribution in [2.24, 2.45) is 0 Å². The quantitative estimate of drug-likeness (QED) is 0.710. The van der Waals surface area contributed by atoms with Crippen LogP contribution in [0, 0.1) is 5.82 Å². The molecule has 0 aromatic heterocycles. The second-order valence-corrected chi connectivity index (χ2v) is 5.20. The van der Waals surface area contributed by atoms with Gasteiger partial charge in [-0.25, -0.2) is 4.39 Å². The summed E-state index contributed by atoms with van der Waals surface area (Å²) in [5.41, 5.74) is 0.709. The summed E-state index contributed by atoms with van der Waals surface area (Å²) in [6, 6.07) is 5.96. The van der Waals surface area contributed by atoms with Crippen molar-refractivity contribution in [2.75, 3.05) is 19.6 Å². The standard InChI is InChI=1S/C14H20ClFN2/c15-13-5-1-3-11(14(13)16)4-2-8-17-9-10-18-12-6-7-12/h1,3,5,12,17-18H,2,4,6-10H2. The summed E-state index contributed by atoms with van der Waals surface area (Å²) in [6.45, 7) is 2.92. The molecule has 0 amide bonds. The van der Waals surface area contributed by atoms with E-state index in [1.54, 1.807) is 18.2 Å². The molecule has 0 unspecified atom stereocenters. The molecule has 0 atom stereocenters. The first-order chi connectivity index (χ1) is 8.77. The van der Waals surface area contributed by atoms with E-state index < -0.39 is 0 Å². The predicted octanol–water partition coefficient (Wildman–Crippen LogP) is 2.75. The summed E-state index contributed by atoms with van der Waals surface area (Å²) in [5, 5.41) is 7.01. The van der Waals surface area contributed by atoms with Gasteiger partial charge in [0.15, 0.2) is 0 Å². The second kappa shape index (κ2) is 7.07. The molecule has 4 heteroatoms. The zero-order valence-electron chi connectivity index (χ0n) is 10.5. The largest absolute Gasteiger partial charge is 0.315 e. The average molecular weight is 271 g/mol. The van der Waals surface area contributed by atoms with Crippen LogP contribution in [-0.4, -0.2) is 25.7 Å². The maximum Gasteiger partial charge on any atom is 0.144 e. The molecule has 0 aliphatic heterocycles. The summed E-state index contributed by atoms with van der Waals surface area (Å²) in [4.78, 5) is 0. The molecule has 1 aromatic carbocycles. The molecular weight excluding hydrogens is 251 g/mol. The summed E-state index contributed by atoms with van der Waals surface area (Å²) < 4.78 is 13.6. The van der Waals surface area contributed by atoms with Gasteiger partial charge in [0.05, 0.1) is 5.02 Å². The molecule has 2 N–H and O–H groups in total. The van der Waals surface area contributed by atoms with Crippen molar-refractivity contribution in [1.29, 1.82) is 0 Å². The fourth-order valence-electron chi connectivity index (χ4n) is 1.92. The van der Waals surface area contributed by atoms with Gasteiger partial charge in [0.1, 0.15) is 5.82 Å². The Morgan fingerprint density at radius 3 is 2.83 bits per heavy atom. The molecular formula is C14H20ClFN2. The summed E-state index contributed by atoms with van der Waals surface area (Å²) >= 11 is 5.73. The highest BCUT2D eigenvalue weighted by atomic mass is 35.5. The van der Waals surface area contributed by atoms with E-state index in [2.05, 4.69) is 10.6 Å². The molecule has 0 heterocycles. The molecule has 0 bridgehead atoms. The molecule has 18 heavy (non-hydrogen) atoms. The fourth-order valence-corrected chi connectivity index (χ4v) is 2.12. The van der Waals surface area contributed by atoms with Crippen LogP contribution in [0.15, 0.2) is 18.2 Å². The Bertz CT molecular complexity index is 380. The van der Waals surface area contributed by atoms with Gasteiger partial charge in [-0.1, -0.05) is 23.7 Å². The van der Waals surface area contributed by atoms with E-state index in [1.165, 1.54) is 12.8 Å². The highest BCUT2D eigenvalue weighted by Crippen LogP contribution is 2.19. The van der Waals surface area contributed by atoms with Crippen molar-refractivity contribution >= 4 is 11.6 Å². The highest BCUT2D eigenvalue weighted by Gasteiger charge is 2.19. The van der Waals surface area contributed by atoms with Gasteiger partial charge in [-0.3, -0.25) is 0 Å². The smallest absolute Gasteiger partial charge is 0.144 e. The van der Waals surface area contributed by atoms with Gasteiger partial charge in [0.25, 0.3) is 0 Å². The van der Waals surface area contributed by atoms with Crippen molar-refractivity contribution < 1.29 is 4.39 Å². The Morgan fingerprint density at radius 2 is 2.06 bits per heavy atom. The third-order valence-corrected chi connectivity index (χ3v) is 3.44.